The molecule has 0 spiro atoms. The van der Waals surface area contributed by atoms with E-state index in [2.05, 4.69) is 21.2 Å². The first-order chi connectivity index (χ1) is 9.06. The van der Waals surface area contributed by atoms with E-state index in [0.29, 0.717) is 22.9 Å². The Balaban J connectivity index is 1.85. The Hall–Kier alpha value is -0.610. The van der Waals surface area contributed by atoms with Crippen LogP contribution in [-0.2, 0) is 0 Å². The van der Waals surface area contributed by atoms with E-state index in [0.717, 1.165) is 25.7 Å². The normalized spacial score (nSPS) is 23.1. The molecular formula is C14H16BrClFNO. The molecule has 0 saturated heterocycles. The molecular weight excluding hydrogens is 333 g/mol. The molecule has 0 bridgehead atoms. The van der Waals surface area contributed by atoms with E-state index in [1.54, 1.807) is 0 Å². The molecule has 5 heteroatoms. The maximum absolute atomic E-state index is 13.3. The SMILES string of the molecule is O=C(NCC1CCC(Br)CC1)c1ccc(Cl)c(F)c1. The number of nitrogens with one attached hydrogen (secondary N) is 1. The molecule has 19 heavy (non-hydrogen) atoms. The van der Waals surface area contributed by atoms with Gasteiger partial charge in [0.2, 0.25) is 0 Å². The lowest BCUT2D eigenvalue weighted by Gasteiger charge is -2.25. The van der Waals surface area contributed by atoms with Crippen LogP contribution in [0.15, 0.2) is 18.2 Å². The van der Waals surface area contributed by atoms with Gasteiger partial charge >= 0.3 is 0 Å². The third kappa shape index (κ3) is 4.18. The predicted molar refractivity (Wildman–Crippen MR) is 78.4 cm³/mol. The van der Waals surface area contributed by atoms with Crippen molar-refractivity contribution in [2.24, 2.45) is 5.92 Å². The molecule has 1 aliphatic rings. The van der Waals surface area contributed by atoms with Gasteiger partial charge < -0.3 is 5.32 Å². The third-order valence-corrected chi connectivity index (χ3v) is 4.73. The summed E-state index contributed by atoms with van der Waals surface area (Å²) < 4.78 is 13.3. The second-order valence-electron chi connectivity index (χ2n) is 4.96. The molecule has 1 saturated carbocycles. The molecule has 1 aromatic carbocycles. The van der Waals surface area contributed by atoms with Crippen LogP contribution < -0.4 is 5.32 Å². The number of alkyl halides is 1. The quantitative estimate of drug-likeness (QED) is 0.816. The minimum absolute atomic E-state index is 0.0344. The predicted octanol–water partition coefficient (Wildman–Crippen LogP) is 4.16. The van der Waals surface area contributed by atoms with Crippen molar-refractivity contribution in [1.29, 1.82) is 0 Å². The smallest absolute Gasteiger partial charge is 0.251 e. The van der Waals surface area contributed by atoms with E-state index in [9.17, 15) is 9.18 Å². The first-order valence-corrected chi connectivity index (χ1v) is 7.73. The topological polar surface area (TPSA) is 29.1 Å². The second-order valence-corrected chi connectivity index (χ2v) is 6.66. The van der Waals surface area contributed by atoms with Crippen LogP contribution in [-0.4, -0.2) is 17.3 Å². The monoisotopic (exact) mass is 347 g/mol. The summed E-state index contributed by atoms with van der Waals surface area (Å²) in [6.07, 6.45) is 4.53. The number of carbonyl (C=O) groups is 1. The third-order valence-electron chi connectivity index (χ3n) is 3.51. The van der Waals surface area contributed by atoms with Crippen LogP contribution in [0.1, 0.15) is 36.0 Å². The van der Waals surface area contributed by atoms with Crippen molar-refractivity contribution in [3.05, 3.63) is 34.6 Å². The molecule has 1 aromatic rings. The van der Waals surface area contributed by atoms with Crippen molar-refractivity contribution in [3.8, 4) is 0 Å². The number of rotatable bonds is 3. The van der Waals surface area contributed by atoms with Gasteiger partial charge in [-0.05, 0) is 49.8 Å². The van der Waals surface area contributed by atoms with E-state index in [1.165, 1.54) is 18.2 Å². The minimum atomic E-state index is -0.561. The lowest BCUT2D eigenvalue weighted by Crippen LogP contribution is -2.31. The molecule has 2 nitrogen and oxygen atoms in total. The fraction of sp³-hybridized carbons (Fsp3) is 0.500. The summed E-state index contributed by atoms with van der Waals surface area (Å²) in [5.41, 5.74) is 0.316. The molecule has 2 rings (SSSR count). The summed E-state index contributed by atoms with van der Waals surface area (Å²) in [5, 5.41) is 2.90. The highest BCUT2D eigenvalue weighted by molar-refractivity contribution is 9.09. The maximum atomic E-state index is 13.3. The molecule has 0 aliphatic heterocycles. The Morgan fingerprint density at radius 1 is 1.37 bits per heavy atom. The Morgan fingerprint density at radius 3 is 2.68 bits per heavy atom. The van der Waals surface area contributed by atoms with Crippen molar-refractivity contribution in [2.75, 3.05) is 6.54 Å². The minimum Gasteiger partial charge on any atom is -0.352 e. The van der Waals surface area contributed by atoms with Gasteiger partial charge in [0, 0.05) is 16.9 Å². The molecule has 104 valence electrons. The van der Waals surface area contributed by atoms with Crippen LogP contribution in [0.2, 0.25) is 5.02 Å². The summed E-state index contributed by atoms with van der Waals surface area (Å²) in [6, 6.07) is 4.12. The first-order valence-electron chi connectivity index (χ1n) is 6.43. The molecule has 0 atom stereocenters. The standard InChI is InChI=1S/C14H16BrClFNO/c15-11-4-1-9(2-5-11)8-18-14(19)10-3-6-12(16)13(17)7-10/h3,6-7,9,11H,1-2,4-5,8H2,(H,18,19). The average Bonchev–Trinajstić information content (AvgIpc) is 2.41. The van der Waals surface area contributed by atoms with Crippen molar-refractivity contribution >= 4 is 33.4 Å². The molecule has 1 fully saturated rings. The number of amides is 1. The number of halogens is 3. The van der Waals surface area contributed by atoms with Gasteiger partial charge in [-0.15, -0.1) is 0 Å². The van der Waals surface area contributed by atoms with Crippen LogP contribution in [0.5, 0.6) is 0 Å². The van der Waals surface area contributed by atoms with Crippen LogP contribution in [0.3, 0.4) is 0 Å². The van der Waals surface area contributed by atoms with E-state index >= 15 is 0 Å². The van der Waals surface area contributed by atoms with E-state index < -0.39 is 5.82 Å². The summed E-state index contributed by atoms with van der Waals surface area (Å²) in [5.74, 6) is -0.277. The largest absolute Gasteiger partial charge is 0.352 e. The number of hydrogen-bond donors (Lipinski definition) is 1. The van der Waals surface area contributed by atoms with Crippen molar-refractivity contribution < 1.29 is 9.18 Å². The van der Waals surface area contributed by atoms with Gasteiger partial charge in [-0.25, -0.2) is 4.39 Å². The molecule has 0 radical (unpaired) electrons. The fourth-order valence-electron chi connectivity index (χ4n) is 2.30. The molecule has 0 heterocycles. The highest BCUT2D eigenvalue weighted by Gasteiger charge is 2.19. The first kappa shape index (κ1) is 14.8. The number of carbonyl (C=O) groups excluding carboxylic acids is 1. The zero-order chi connectivity index (χ0) is 13.8. The summed E-state index contributed by atoms with van der Waals surface area (Å²) in [7, 11) is 0. The van der Waals surface area contributed by atoms with Gasteiger partial charge in [0.25, 0.3) is 5.91 Å². The molecule has 1 N–H and O–H groups in total. The van der Waals surface area contributed by atoms with Crippen molar-refractivity contribution in [1.82, 2.24) is 5.32 Å². The summed E-state index contributed by atoms with van der Waals surface area (Å²) in [6.45, 7) is 0.656. The molecule has 1 amide bonds. The Labute approximate surface area is 125 Å². The second kappa shape index (κ2) is 6.71. The zero-order valence-electron chi connectivity index (χ0n) is 10.5. The van der Waals surface area contributed by atoms with Gasteiger partial charge in [-0.3, -0.25) is 4.79 Å². The van der Waals surface area contributed by atoms with Crippen molar-refractivity contribution in [3.63, 3.8) is 0 Å². The van der Waals surface area contributed by atoms with E-state index in [4.69, 9.17) is 11.6 Å². The Morgan fingerprint density at radius 2 is 2.05 bits per heavy atom. The number of hydrogen-bond acceptors (Lipinski definition) is 1. The lowest BCUT2D eigenvalue weighted by atomic mass is 9.89. The van der Waals surface area contributed by atoms with Crippen LogP contribution in [0, 0.1) is 11.7 Å². The van der Waals surface area contributed by atoms with Crippen LogP contribution >= 0.6 is 27.5 Å². The number of benzene rings is 1. The maximum Gasteiger partial charge on any atom is 0.251 e. The fourth-order valence-corrected chi connectivity index (χ4v) is 2.95. The van der Waals surface area contributed by atoms with E-state index in [1.807, 2.05) is 0 Å². The van der Waals surface area contributed by atoms with Gasteiger partial charge in [-0.1, -0.05) is 27.5 Å². The summed E-state index contributed by atoms with van der Waals surface area (Å²) >= 11 is 9.19. The van der Waals surface area contributed by atoms with Gasteiger partial charge in [-0.2, -0.15) is 0 Å². The van der Waals surface area contributed by atoms with Crippen LogP contribution in [0.4, 0.5) is 4.39 Å². The Bertz CT molecular complexity index is 461. The average molecular weight is 349 g/mol. The highest BCUT2D eigenvalue weighted by atomic mass is 79.9. The van der Waals surface area contributed by atoms with Crippen molar-refractivity contribution in [2.45, 2.75) is 30.5 Å². The van der Waals surface area contributed by atoms with Gasteiger partial charge in [0.05, 0.1) is 5.02 Å². The van der Waals surface area contributed by atoms with Crippen LogP contribution in [0.25, 0.3) is 0 Å². The van der Waals surface area contributed by atoms with E-state index in [-0.39, 0.29) is 10.9 Å². The highest BCUT2D eigenvalue weighted by Crippen LogP contribution is 2.28. The van der Waals surface area contributed by atoms with Gasteiger partial charge in [0.1, 0.15) is 5.82 Å². The Kier molecular flexibility index (Phi) is 5.22. The molecule has 1 aliphatic carbocycles. The van der Waals surface area contributed by atoms with Gasteiger partial charge in [0.15, 0.2) is 0 Å². The molecule has 0 aromatic heterocycles. The zero-order valence-corrected chi connectivity index (χ0v) is 12.8. The summed E-state index contributed by atoms with van der Waals surface area (Å²) in [4.78, 5) is 12.5. The lowest BCUT2D eigenvalue weighted by molar-refractivity contribution is 0.0943. The molecule has 0 unspecified atom stereocenters.